The molecule has 55 heavy (non-hydrogen) atoms. The maximum absolute atomic E-state index is 14.1. The number of carbonyl (C=O) groups is 2. The van der Waals surface area contributed by atoms with Gasteiger partial charge in [-0.15, -0.1) is 6.58 Å². The molecular weight excluding hydrogens is 740 g/mol. The van der Waals surface area contributed by atoms with E-state index in [1.54, 1.807) is 6.92 Å². The number of methoxy groups -OCH3 is 3. The zero-order chi connectivity index (χ0) is 40.3. The largest absolute Gasteiger partial charge is 0.472 e. The Hall–Kier alpha value is -2.80. The summed E-state index contributed by atoms with van der Waals surface area (Å²) in [5.74, 6) is -5.12. The lowest BCUT2D eigenvalue weighted by Crippen LogP contribution is -2.60. The summed E-state index contributed by atoms with van der Waals surface area (Å²) >= 11 is 0. The van der Waals surface area contributed by atoms with Gasteiger partial charge in [0.15, 0.2) is 18.9 Å². The van der Waals surface area contributed by atoms with Crippen molar-refractivity contribution < 1.29 is 97.8 Å². The molecule has 20 heteroatoms. The number of fused-ring (bicyclic) bond motifs is 1. The Morgan fingerprint density at radius 3 is 1.82 bits per heavy atom. The molecule has 0 aromatic carbocycles. The van der Waals surface area contributed by atoms with Crippen LogP contribution < -0.4 is 0 Å². The number of esters is 2. The summed E-state index contributed by atoms with van der Waals surface area (Å²) in [6.45, 7) is 4.25. The molecule has 5 unspecified atom stereocenters. The van der Waals surface area contributed by atoms with Crippen LogP contribution in [0.2, 0.25) is 0 Å². The van der Waals surface area contributed by atoms with Crippen LogP contribution in [0, 0.1) is 29.6 Å². The maximum atomic E-state index is 14.1. The molecule has 1 aliphatic carbocycles. The normalized spacial score (nSPS) is 43.0. The van der Waals surface area contributed by atoms with Crippen LogP contribution in [0.1, 0.15) is 19.8 Å². The summed E-state index contributed by atoms with van der Waals surface area (Å²) in [5, 5.41) is 81.5. The number of aliphatic hydroxyl groups excluding tert-OH is 8. The number of carbonyl (C=O) groups excluding carboxylic acids is 2. The fourth-order valence-corrected chi connectivity index (χ4v) is 7.85. The van der Waals surface area contributed by atoms with Crippen LogP contribution in [0.5, 0.6) is 0 Å². The molecule has 0 aromatic rings. The van der Waals surface area contributed by atoms with Crippen LogP contribution in [0.15, 0.2) is 36.3 Å². The van der Waals surface area contributed by atoms with E-state index < -0.39 is 141 Å². The summed E-state index contributed by atoms with van der Waals surface area (Å²) in [4.78, 5) is 26.9. The molecule has 2 saturated heterocycles. The third-order valence-electron chi connectivity index (χ3n) is 11.1. The van der Waals surface area contributed by atoms with E-state index in [0.29, 0.717) is 0 Å². The summed E-state index contributed by atoms with van der Waals surface area (Å²) in [6.07, 6.45) is -16.1. The summed E-state index contributed by atoms with van der Waals surface area (Å²) in [5.41, 5.74) is 0.154. The minimum Gasteiger partial charge on any atom is -0.472 e. The van der Waals surface area contributed by atoms with Crippen molar-refractivity contribution in [2.45, 2.75) is 106 Å². The number of hydrogen-bond acceptors (Lipinski definition) is 20. The average Bonchev–Trinajstić information content (AvgIpc) is 3.51. The summed E-state index contributed by atoms with van der Waals surface area (Å²) in [7, 11) is 4.00. The molecule has 18 atom stereocenters. The van der Waals surface area contributed by atoms with E-state index in [0.717, 1.165) is 12.5 Å². The van der Waals surface area contributed by atoms with E-state index >= 15 is 0 Å². The predicted octanol–water partition coefficient (Wildman–Crippen LogP) is -3.12. The molecule has 5 rings (SSSR count). The van der Waals surface area contributed by atoms with E-state index in [1.165, 1.54) is 27.4 Å². The molecule has 3 fully saturated rings. The second-order valence-corrected chi connectivity index (χ2v) is 14.1. The SMILES string of the molecule is C=CC1C(CC(OC)OC)C(C(=O)O[C@H]2CC3C(C(=O)OC)=CO[C@@H](O[C@@H]4O[C@H](CO)[C@@H](O)[C@H](O)[C@H]4O)C3C2C)=CO[C@H]1O[C@@H]1O[C@H](CO)[C@@H](O)[C@H](O)[C@H]1O. The Morgan fingerprint density at radius 2 is 1.31 bits per heavy atom. The Kier molecular flexibility index (Phi) is 14.7. The van der Waals surface area contributed by atoms with E-state index in [2.05, 4.69) is 6.58 Å². The Bertz CT molecular complexity index is 1380. The molecule has 4 aliphatic heterocycles. The highest BCUT2D eigenvalue weighted by atomic mass is 16.8. The van der Waals surface area contributed by atoms with Crippen LogP contribution in [0.25, 0.3) is 0 Å². The van der Waals surface area contributed by atoms with E-state index in [9.17, 15) is 50.4 Å². The van der Waals surface area contributed by atoms with E-state index in [-0.39, 0.29) is 24.0 Å². The van der Waals surface area contributed by atoms with Crippen LogP contribution in [-0.4, -0.2) is 174 Å². The van der Waals surface area contributed by atoms with E-state index in [4.69, 9.17) is 47.4 Å². The lowest BCUT2D eigenvalue weighted by molar-refractivity contribution is -0.342. The highest BCUT2D eigenvalue weighted by Crippen LogP contribution is 2.49. The monoisotopic (exact) mass is 792 g/mol. The van der Waals surface area contributed by atoms with Gasteiger partial charge in [-0.3, -0.25) is 0 Å². The highest BCUT2D eigenvalue weighted by molar-refractivity contribution is 5.90. The first-order valence-electron chi connectivity index (χ1n) is 17.8. The first kappa shape index (κ1) is 43.3. The first-order chi connectivity index (χ1) is 26.2. The fraction of sp³-hybridized carbons (Fsp3) is 0.771. The molecule has 5 aliphatic rings. The van der Waals surface area contributed by atoms with Gasteiger partial charge < -0.3 is 88.2 Å². The van der Waals surface area contributed by atoms with Crippen molar-refractivity contribution in [2.24, 2.45) is 29.6 Å². The quantitative estimate of drug-likeness (QED) is 0.0491. The van der Waals surface area contributed by atoms with Gasteiger partial charge in [0.25, 0.3) is 0 Å². The maximum Gasteiger partial charge on any atom is 0.337 e. The summed E-state index contributed by atoms with van der Waals surface area (Å²) < 4.78 is 56.4. The fourth-order valence-electron chi connectivity index (χ4n) is 7.85. The number of rotatable bonds is 14. The van der Waals surface area contributed by atoms with Crippen LogP contribution in [0.4, 0.5) is 0 Å². The molecule has 0 spiro atoms. The van der Waals surface area contributed by atoms with Crippen molar-refractivity contribution in [3.05, 3.63) is 36.3 Å². The standard InChI is InChI=1S/C35H52O20/c1-6-14-15(8-22(46-3)47-4)17(11-49-32(14)54-34-28(42)26(40)24(38)20(9-36)52-34)31(45)51-19-7-16-18(30(44)48-5)12-50-33(23(16)13(19)2)55-35-29(43)27(41)25(39)21(10-37)53-35/h6,11-16,19-29,32-43H,1,7-10H2,2-5H3/t13?,14?,15?,16?,19-,20+,21+,23?,24+,25+,26-,27-,28+,29+,32-,33-,34-,35-/m0/s1. The minimum atomic E-state index is -1.74. The molecule has 4 heterocycles. The van der Waals surface area contributed by atoms with Crippen molar-refractivity contribution in [1.29, 1.82) is 0 Å². The molecule has 8 N–H and O–H groups in total. The number of ether oxygens (including phenoxy) is 10. The molecule has 0 bridgehead atoms. The lowest BCUT2D eigenvalue weighted by Gasteiger charge is -2.43. The molecule has 0 aromatic heterocycles. The van der Waals surface area contributed by atoms with Gasteiger partial charge in [0.2, 0.25) is 12.6 Å². The van der Waals surface area contributed by atoms with Gasteiger partial charge in [-0.1, -0.05) is 13.0 Å². The molecule has 0 radical (unpaired) electrons. The molecule has 1 saturated carbocycles. The van der Waals surface area contributed by atoms with Crippen molar-refractivity contribution in [1.82, 2.24) is 0 Å². The lowest BCUT2D eigenvalue weighted by atomic mass is 9.81. The third-order valence-corrected chi connectivity index (χ3v) is 11.1. The van der Waals surface area contributed by atoms with E-state index in [1.807, 2.05) is 0 Å². The van der Waals surface area contributed by atoms with Gasteiger partial charge in [0.1, 0.15) is 54.9 Å². The van der Waals surface area contributed by atoms with Gasteiger partial charge in [-0.2, -0.15) is 0 Å². The second kappa shape index (κ2) is 18.6. The summed E-state index contributed by atoms with van der Waals surface area (Å²) in [6, 6.07) is 0. The Balaban J connectivity index is 1.37. The third kappa shape index (κ3) is 8.72. The Morgan fingerprint density at radius 1 is 0.782 bits per heavy atom. The second-order valence-electron chi connectivity index (χ2n) is 14.1. The smallest absolute Gasteiger partial charge is 0.337 e. The molecule has 20 nitrogen and oxygen atoms in total. The predicted molar refractivity (Wildman–Crippen MR) is 178 cm³/mol. The minimum absolute atomic E-state index is 0.0221. The van der Waals surface area contributed by atoms with Crippen LogP contribution in [0.3, 0.4) is 0 Å². The van der Waals surface area contributed by atoms with Gasteiger partial charge >= 0.3 is 11.9 Å². The molecular formula is C35H52O20. The van der Waals surface area contributed by atoms with Crippen LogP contribution >= 0.6 is 0 Å². The van der Waals surface area contributed by atoms with Crippen LogP contribution in [-0.2, 0) is 57.0 Å². The Labute approximate surface area is 316 Å². The molecule has 0 amide bonds. The van der Waals surface area contributed by atoms with Gasteiger partial charge in [0, 0.05) is 50.2 Å². The highest BCUT2D eigenvalue weighted by Gasteiger charge is 2.55. The zero-order valence-corrected chi connectivity index (χ0v) is 30.7. The van der Waals surface area contributed by atoms with Gasteiger partial charge in [0.05, 0.1) is 44.0 Å². The number of aliphatic hydroxyl groups is 8. The van der Waals surface area contributed by atoms with Gasteiger partial charge in [-0.25, -0.2) is 9.59 Å². The van der Waals surface area contributed by atoms with Gasteiger partial charge in [-0.05, 0) is 6.42 Å². The topological polar surface area (TPSA) is 288 Å². The van der Waals surface area contributed by atoms with Crippen molar-refractivity contribution in [3.8, 4) is 0 Å². The molecule has 312 valence electrons. The first-order valence-corrected chi connectivity index (χ1v) is 17.8. The van der Waals surface area contributed by atoms with Crippen molar-refractivity contribution in [3.63, 3.8) is 0 Å². The zero-order valence-electron chi connectivity index (χ0n) is 30.7. The average molecular weight is 793 g/mol. The number of hydrogen-bond donors (Lipinski definition) is 8. The van der Waals surface area contributed by atoms with Crippen molar-refractivity contribution >= 4 is 11.9 Å². The van der Waals surface area contributed by atoms with Crippen molar-refractivity contribution in [2.75, 3.05) is 34.5 Å².